The van der Waals surface area contributed by atoms with Crippen LogP contribution in [0.1, 0.15) is 27.6 Å². The van der Waals surface area contributed by atoms with Gasteiger partial charge in [0.15, 0.2) is 0 Å². The van der Waals surface area contributed by atoms with Crippen LogP contribution in [0.2, 0.25) is 5.02 Å². The molecule has 4 rings (SSSR count). The van der Waals surface area contributed by atoms with Gasteiger partial charge in [-0.3, -0.25) is 0 Å². The minimum Gasteiger partial charge on any atom is -0.207 e. The molecule has 1 atom stereocenters. The van der Waals surface area contributed by atoms with Crippen LogP contribution in [0.15, 0.2) is 64.9 Å². The molecule has 0 bridgehead atoms. The van der Waals surface area contributed by atoms with E-state index < -0.39 is 10.0 Å². The number of nitrogens with zero attached hydrogens (tertiary/aromatic N) is 2. The topological polar surface area (TPSA) is 61.2 Å². The second kappa shape index (κ2) is 7.10. The Hall–Kier alpha value is -2.17. The van der Waals surface area contributed by atoms with E-state index in [9.17, 15) is 13.7 Å². The lowest BCUT2D eigenvalue weighted by atomic mass is 9.95. The Balaban J connectivity index is 1.85. The average Bonchev–Trinajstić information content (AvgIpc) is 3.17. The first-order chi connectivity index (χ1) is 13.0. The molecule has 2 heterocycles. The van der Waals surface area contributed by atoms with E-state index in [-0.39, 0.29) is 21.5 Å². The summed E-state index contributed by atoms with van der Waals surface area (Å²) in [7, 11) is -3.80. The summed E-state index contributed by atoms with van der Waals surface area (Å²) < 4.78 is 28.4. The van der Waals surface area contributed by atoms with E-state index in [2.05, 4.69) is 0 Å². The fourth-order valence-corrected chi connectivity index (χ4v) is 6.10. The number of nitriles is 1. The molecule has 0 saturated heterocycles. The van der Waals surface area contributed by atoms with Gasteiger partial charge in [0.1, 0.15) is 6.07 Å². The first-order valence-electron chi connectivity index (χ1n) is 8.35. The van der Waals surface area contributed by atoms with Crippen molar-refractivity contribution in [2.24, 2.45) is 0 Å². The lowest BCUT2D eigenvalue weighted by Gasteiger charge is -2.35. The highest BCUT2D eigenvalue weighted by atomic mass is 35.5. The zero-order chi connectivity index (χ0) is 19.0. The van der Waals surface area contributed by atoms with Crippen LogP contribution in [0, 0.1) is 11.3 Å². The van der Waals surface area contributed by atoms with Gasteiger partial charge in [-0.05, 0) is 47.2 Å². The van der Waals surface area contributed by atoms with Gasteiger partial charge in [0.05, 0.1) is 21.5 Å². The molecule has 2 aromatic carbocycles. The molecule has 4 nitrogen and oxygen atoms in total. The van der Waals surface area contributed by atoms with Gasteiger partial charge in [0.2, 0.25) is 10.0 Å². The van der Waals surface area contributed by atoms with Gasteiger partial charge in [-0.15, -0.1) is 11.3 Å². The third-order valence-corrected chi connectivity index (χ3v) is 7.89. The molecule has 136 valence electrons. The number of halogens is 1. The highest BCUT2D eigenvalue weighted by molar-refractivity contribution is 7.89. The molecule has 0 radical (unpaired) electrons. The molecule has 0 fully saturated rings. The van der Waals surface area contributed by atoms with Crippen molar-refractivity contribution >= 4 is 33.0 Å². The lowest BCUT2D eigenvalue weighted by molar-refractivity contribution is 0.347. The lowest BCUT2D eigenvalue weighted by Crippen LogP contribution is -2.40. The molecule has 7 heteroatoms. The quantitative estimate of drug-likeness (QED) is 0.628. The van der Waals surface area contributed by atoms with Crippen LogP contribution in [0.4, 0.5) is 0 Å². The highest BCUT2D eigenvalue weighted by Gasteiger charge is 2.38. The van der Waals surface area contributed by atoms with Crippen molar-refractivity contribution in [3.63, 3.8) is 0 Å². The Bertz CT molecular complexity index is 1130. The summed E-state index contributed by atoms with van der Waals surface area (Å²) in [5.41, 5.74) is 2.10. The van der Waals surface area contributed by atoms with E-state index in [1.165, 1.54) is 27.4 Å². The minimum absolute atomic E-state index is 0.0862. The maximum Gasteiger partial charge on any atom is 0.243 e. The molecule has 1 aromatic heterocycles. The number of hydrogen-bond donors (Lipinski definition) is 0. The molecule has 0 aliphatic carbocycles. The summed E-state index contributed by atoms with van der Waals surface area (Å²) in [4.78, 5) is 1.30. The molecule has 0 amide bonds. The van der Waals surface area contributed by atoms with Crippen LogP contribution in [-0.4, -0.2) is 19.3 Å². The van der Waals surface area contributed by atoms with E-state index in [4.69, 9.17) is 11.6 Å². The van der Waals surface area contributed by atoms with Gasteiger partial charge < -0.3 is 0 Å². The first kappa shape index (κ1) is 18.2. The third-order valence-electron chi connectivity index (χ3n) is 4.70. The minimum atomic E-state index is -3.80. The largest absolute Gasteiger partial charge is 0.243 e. The summed E-state index contributed by atoms with van der Waals surface area (Å²) in [6.45, 7) is 0.389. The van der Waals surface area contributed by atoms with Crippen molar-refractivity contribution in [3.8, 4) is 6.07 Å². The van der Waals surface area contributed by atoms with Crippen molar-refractivity contribution < 1.29 is 8.42 Å². The number of benzene rings is 2. The van der Waals surface area contributed by atoms with Crippen molar-refractivity contribution in [2.75, 3.05) is 6.54 Å². The van der Waals surface area contributed by atoms with Gasteiger partial charge in [-0.25, -0.2) is 8.42 Å². The van der Waals surface area contributed by atoms with E-state index in [1.54, 1.807) is 11.3 Å². The van der Waals surface area contributed by atoms with Crippen LogP contribution in [0.3, 0.4) is 0 Å². The Kier molecular flexibility index (Phi) is 4.79. The molecular formula is C20H15ClN2O2S2. The van der Waals surface area contributed by atoms with Crippen LogP contribution >= 0.6 is 22.9 Å². The molecule has 3 aromatic rings. The van der Waals surface area contributed by atoms with Gasteiger partial charge in [-0.2, -0.15) is 9.57 Å². The molecule has 27 heavy (non-hydrogen) atoms. The maximum absolute atomic E-state index is 13.5. The maximum atomic E-state index is 13.5. The second-order valence-electron chi connectivity index (χ2n) is 6.23. The van der Waals surface area contributed by atoms with E-state index in [0.29, 0.717) is 13.0 Å². The standard InChI is InChI=1S/C20H15ClN2O2S2/c21-18-7-6-16(12-15(18)13-22)27(24,25)23-10-8-19-17(9-11-26-19)20(23)14-4-2-1-3-5-14/h1-7,9,11-12,20H,8,10H2. The number of sulfonamides is 1. The summed E-state index contributed by atoms with van der Waals surface area (Å²) in [5.74, 6) is 0. The van der Waals surface area contributed by atoms with Crippen molar-refractivity contribution in [2.45, 2.75) is 17.4 Å². The molecule has 0 spiro atoms. The van der Waals surface area contributed by atoms with Crippen LogP contribution < -0.4 is 0 Å². The Morgan fingerprint density at radius 1 is 1.15 bits per heavy atom. The van der Waals surface area contributed by atoms with Gasteiger partial charge >= 0.3 is 0 Å². The van der Waals surface area contributed by atoms with Gasteiger partial charge in [-0.1, -0.05) is 41.9 Å². The molecule has 0 N–H and O–H groups in total. The van der Waals surface area contributed by atoms with Gasteiger partial charge in [0.25, 0.3) is 0 Å². The monoisotopic (exact) mass is 414 g/mol. The molecule has 0 saturated carbocycles. The Morgan fingerprint density at radius 3 is 2.67 bits per heavy atom. The number of fused-ring (bicyclic) bond motifs is 1. The Morgan fingerprint density at radius 2 is 1.93 bits per heavy atom. The van der Waals surface area contributed by atoms with Gasteiger partial charge in [0, 0.05) is 11.4 Å². The van der Waals surface area contributed by atoms with Crippen LogP contribution in [0.5, 0.6) is 0 Å². The van der Waals surface area contributed by atoms with Crippen LogP contribution in [-0.2, 0) is 16.4 Å². The second-order valence-corrected chi connectivity index (χ2v) is 9.53. The highest BCUT2D eigenvalue weighted by Crippen LogP contribution is 2.40. The Labute approximate surface area is 167 Å². The molecular weight excluding hydrogens is 400 g/mol. The number of rotatable bonds is 3. The zero-order valence-corrected chi connectivity index (χ0v) is 16.6. The molecule has 1 aliphatic rings. The molecule has 1 aliphatic heterocycles. The summed E-state index contributed by atoms with van der Waals surface area (Å²) in [6.07, 6.45) is 0.675. The van der Waals surface area contributed by atoms with Crippen molar-refractivity contribution in [3.05, 3.63) is 86.6 Å². The summed E-state index contributed by atoms with van der Waals surface area (Å²) in [6, 6.07) is 17.5. The third kappa shape index (κ3) is 3.17. The van der Waals surface area contributed by atoms with E-state index >= 15 is 0 Å². The fraction of sp³-hybridized carbons (Fsp3) is 0.150. The SMILES string of the molecule is N#Cc1cc(S(=O)(=O)N2CCc3sccc3C2c2ccccc2)ccc1Cl. The van der Waals surface area contributed by atoms with Crippen molar-refractivity contribution in [1.82, 2.24) is 4.31 Å². The number of hydrogen-bond acceptors (Lipinski definition) is 4. The van der Waals surface area contributed by atoms with E-state index in [0.717, 1.165) is 11.1 Å². The average molecular weight is 415 g/mol. The van der Waals surface area contributed by atoms with Crippen LogP contribution in [0.25, 0.3) is 0 Å². The smallest absolute Gasteiger partial charge is 0.207 e. The van der Waals surface area contributed by atoms with Crippen molar-refractivity contribution in [1.29, 1.82) is 5.26 Å². The normalized spacial score (nSPS) is 17.3. The summed E-state index contributed by atoms with van der Waals surface area (Å²) >= 11 is 7.64. The predicted octanol–water partition coefficient (Wildman–Crippen LogP) is 4.61. The van der Waals surface area contributed by atoms with E-state index in [1.807, 2.05) is 47.8 Å². The summed E-state index contributed by atoms with van der Waals surface area (Å²) in [5, 5.41) is 11.5. The zero-order valence-electron chi connectivity index (χ0n) is 14.2. The first-order valence-corrected chi connectivity index (χ1v) is 11.0. The predicted molar refractivity (Wildman–Crippen MR) is 106 cm³/mol. The molecule has 1 unspecified atom stereocenters. The fourth-order valence-electron chi connectivity index (χ4n) is 3.42. The number of thiophene rings is 1.